The van der Waals surface area contributed by atoms with Gasteiger partial charge in [0.25, 0.3) is 0 Å². The summed E-state index contributed by atoms with van der Waals surface area (Å²) in [5.74, 6) is 0.568. The number of rotatable bonds is 1. The van der Waals surface area contributed by atoms with Gasteiger partial charge in [-0.1, -0.05) is 19.9 Å². The molecule has 1 aromatic heterocycles. The minimum absolute atomic E-state index is 0.362. The largest absolute Gasteiger partial charge is 0.382 e. The molecule has 2 heteroatoms. The Bertz CT molecular complexity index is 329. The van der Waals surface area contributed by atoms with Gasteiger partial charge in [-0.3, -0.25) is 4.98 Å². The van der Waals surface area contributed by atoms with Crippen molar-refractivity contribution in [3.8, 4) is 0 Å². The highest BCUT2D eigenvalue weighted by molar-refractivity contribution is 5.54. The van der Waals surface area contributed by atoms with Crippen LogP contribution < -0.4 is 5.32 Å². The normalized spacial score (nSPS) is 19.8. The lowest BCUT2D eigenvalue weighted by Gasteiger charge is -2.25. The quantitative estimate of drug-likeness (QED) is 0.707. The van der Waals surface area contributed by atoms with Crippen LogP contribution >= 0.6 is 0 Å². The predicted octanol–water partition coefficient (Wildman–Crippen LogP) is 2.35. The first kappa shape index (κ1) is 8.30. The standard InChI is InChI=1S/C11H14N2/c1-8(2)10-11-9(5-7-13-10)4-3-6-12-11/h3-8,10,13H,1-2H3. The van der Waals surface area contributed by atoms with Crippen LogP contribution in [-0.2, 0) is 0 Å². The summed E-state index contributed by atoms with van der Waals surface area (Å²) < 4.78 is 0. The molecule has 0 fully saturated rings. The Morgan fingerprint density at radius 3 is 3.08 bits per heavy atom. The van der Waals surface area contributed by atoms with Crippen molar-refractivity contribution in [2.45, 2.75) is 19.9 Å². The van der Waals surface area contributed by atoms with Gasteiger partial charge < -0.3 is 5.32 Å². The van der Waals surface area contributed by atoms with Crippen LogP contribution in [0.5, 0.6) is 0 Å². The van der Waals surface area contributed by atoms with Gasteiger partial charge in [0, 0.05) is 6.20 Å². The number of hydrogen-bond acceptors (Lipinski definition) is 2. The third-order valence-corrected chi connectivity index (χ3v) is 2.37. The molecule has 2 nitrogen and oxygen atoms in total. The molecule has 2 heterocycles. The third-order valence-electron chi connectivity index (χ3n) is 2.37. The van der Waals surface area contributed by atoms with Crippen LogP contribution in [0, 0.1) is 5.92 Å². The Balaban J connectivity index is 2.43. The fourth-order valence-corrected chi connectivity index (χ4v) is 1.66. The van der Waals surface area contributed by atoms with Crippen LogP contribution in [0.1, 0.15) is 31.1 Å². The van der Waals surface area contributed by atoms with Gasteiger partial charge in [-0.25, -0.2) is 0 Å². The summed E-state index contributed by atoms with van der Waals surface area (Å²) in [7, 11) is 0. The van der Waals surface area contributed by atoms with Crippen molar-refractivity contribution in [1.29, 1.82) is 0 Å². The highest BCUT2D eigenvalue weighted by Crippen LogP contribution is 2.26. The van der Waals surface area contributed by atoms with E-state index in [0.29, 0.717) is 12.0 Å². The molecule has 1 aromatic rings. The van der Waals surface area contributed by atoms with Crippen LogP contribution in [0.3, 0.4) is 0 Å². The Morgan fingerprint density at radius 1 is 1.46 bits per heavy atom. The summed E-state index contributed by atoms with van der Waals surface area (Å²) in [6, 6.07) is 4.45. The smallest absolute Gasteiger partial charge is 0.0708 e. The second-order valence-electron chi connectivity index (χ2n) is 3.70. The Kier molecular flexibility index (Phi) is 2.05. The molecule has 68 valence electrons. The second kappa shape index (κ2) is 3.21. The van der Waals surface area contributed by atoms with Crippen molar-refractivity contribution in [2.75, 3.05) is 0 Å². The van der Waals surface area contributed by atoms with E-state index in [1.165, 1.54) is 11.3 Å². The number of fused-ring (bicyclic) bond motifs is 1. The molecule has 0 aliphatic carbocycles. The molecule has 13 heavy (non-hydrogen) atoms. The molecule has 1 aliphatic rings. The average Bonchev–Trinajstić information content (AvgIpc) is 2.17. The lowest BCUT2D eigenvalue weighted by molar-refractivity contribution is 0.444. The molecule has 0 radical (unpaired) electrons. The monoisotopic (exact) mass is 174 g/mol. The molecule has 0 bridgehead atoms. The third kappa shape index (κ3) is 1.44. The van der Waals surface area contributed by atoms with Crippen LogP contribution in [0.2, 0.25) is 0 Å². The fourth-order valence-electron chi connectivity index (χ4n) is 1.66. The predicted molar refractivity (Wildman–Crippen MR) is 54.0 cm³/mol. The van der Waals surface area contributed by atoms with Crippen molar-refractivity contribution in [3.63, 3.8) is 0 Å². The molecule has 0 amide bonds. The van der Waals surface area contributed by atoms with E-state index in [1.807, 2.05) is 18.5 Å². The van der Waals surface area contributed by atoms with Gasteiger partial charge >= 0.3 is 0 Å². The maximum absolute atomic E-state index is 4.41. The zero-order chi connectivity index (χ0) is 9.26. The maximum atomic E-state index is 4.41. The Morgan fingerprint density at radius 2 is 2.31 bits per heavy atom. The van der Waals surface area contributed by atoms with Crippen molar-refractivity contribution < 1.29 is 0 Å². The van der Waals surface area contributed by atoms with Gasteiger partial charge in [0.2, 0.25) is 0 Å². The van der Waals surface area contributed by atoms with E-state index in [0.717, 1.165) is 0 Å². The van der Waals surface area contributed by atoms with Gasteiger partial charge in [0.1, 0.15) is 0 Å². The maximum Gasteiger partial charge on any atom is 0.0708 e. The Hall–Kier alpha value is -1.31. The summed E-state index contributed by atoms with van der Waals surface area (Å²) in [6.45, 7) is 4.41. The molecule has 2 rings (SSSR count). The van der Waals surface area contributed by atoms with E-state index >= 15 is 0 Å². The first-order valence-corrected chi connectivity index (χ1v) is 4.66. The first-order valence-electron chi connectivity index (χ1n) is 4.66. The summed E-state index contributed by atoms with van der Waals surface area (Å²) >= 11 is 0. The summed E-state index contributed by atoms with van der Waals surface area (Å²) in [4.78, 5) is 4.41. The van der Waals surface area contributed by atoms with Crippen molar-refractivity contribution in [3.05, 3.63) is 35.8 Å². The van der Waals surface area contributed by atoms with Crippen LogP contribution in [-0.4, -0.2) is 4.98 Å². The molecule has 1 aliphatic heterocycles. The van der Waals surface area contributed by atoms with Crippen molar-refractivity contribution >= 4 is 6.08 Å². The Labute approximate surface area is 78.7 Å². The van der Waals surface area contributed by atoms with Crippen LogP contribution in [0.4, 0.5) is 0 Å². The number of pyridine rings is 1. The van der Waals surface area contributed by atoms with Crippen molar-refractivity contribution in [1.82, 2.24) is 10.3 Å². The van der Waals surface area contributed by atoms with E-state index < -0.39 is 0 Å². The molecule has 1 N–H and O–H groups in total. The lowest BCUT2D eigenvalue weighted by Crippen LogP contribution is -2.25. The van der Waals surface area contributed by atoms with Crippen LogP contribution in [0.15, 0.2) is 24.5 Å². The summed E-state index contributed by atoms with van der Waals surface area (Å²) in [5.41, 5.74) is 2.40. The number of aromatic nitrogens is 1. The highest BCUT2D eigenvalue weighted by atomic mass is 14.9. The fraction of sp³-hybridized carbons (Fsp3) is 0.364. The lowest BCUT2D eigenvalue weighted by atomic mass is 9.95. The van der Waals surface area contributed by atoms with Gasteiger partial charge in [0.15, 0.2) is 0 Å². The van der Waals surface area contributed by atoms with E-state index in [1.54, 1.807) is 0 Å². The molecular weight excluding hydrogens is 160 g/mol. The van der Waals surface area contributed by atoms with Gasteiger partial charge in [0.05, 0.1) is 11.7 Å². The minimum atomic E-state index is 0.362. The van der Waals surface area contributed by atoms with Gasteiger partial charge in [-0.2, -0.15) is 0 Å². The zero-order valence-electron chi connectivity index (χ0n) is 7.99. The van der Waals surface area contributed by atoms with E-state index in [4.69, 9.17) is 0 Å². The van der Waals surface area contributed by atoms with Crippen LogP contribution in [0.25, 0.3) is 6.08 Å². The summed E-state index contributed by atoms with van der Waals surface area (Å²) in [5, 5.41) is 3.33. The van der Waals surface area contributed by atoms with E-state index in [-0.39, 0.29) is 0 Å². The molecule has 0 saturated heterocycles. The molecule has 0 saturated carbocycles. The number of nitrogens with one attached hydrogen (secondary N) is 1. The molecule has 0 aromatic carbocycles. The number of hydrogen-bond donors (Lipinski definition) is 1. The van der Waals surface area contributed by atoms with Crippen molar-refractivity contribution in [2.24, 2.45) is 5.92 Å². The second-order valence-corrected chi connectivity index (χ2v) is 3.70. The SMILES string of the molecule is CC(C)C1NC=Cc2cccnc21. The topological polar surface area (TPSA) is 24.9 Å². The van der Waals surface area contributed by atoms with Gasteiger partial charge in [-0.15, -0.1) is 0 Å². The summed E-state index contributed by atoms with van der Waals surface area (Å²) in [6.07, 6.45) is 5.94. The molecule has 0 spiro atoms. The molecular formula is C11H14N2. The average molecular weight is 174 g/mol. The van der Waals surface area contributed by atoms with Gasteiger partial charge in [-0.05, 0) is 29.8 Å². The van der Waals surface area contributed by atoms with E-state index in [9.17, 15) is 0 Å². The molecule has 1 atom stereocenters. The minimum Gasteiger partial charge on any atom is -0.382 e. The van der Waals surface area contributed by atoms with E-state index in [2.05, 4.69) is 36.3 Å². The number of nitrogens with zero attached hydrogens (tertiary/aromatic N) is 1. The zero-order valence-corrected chi connectivity index (χ0v) is 7.99. The first-order chi connectivity index (χ1) is 6.29. The highest BCUT2D eigenvalue weighted by Gasteiger charge is 2.20. The molecule has 1 unspecified atom stereocenters.